The van der Waals surface area contributed by atoms with Crippen LogP contribution in [0, 0.1) is 6.92 Å². The summed E-state index contributed by atoms with van der Waals surface area (Å²) in [6.45, 7) is 11.0. The SMILES string of the molecule is CCN(c1ccc(CNC(C)C)cc1C)C1CCCC1. The molecule has 1 fully saturated rings. The summed E-state index contributed by atoms with van der Waals surface area (Å²) in [5.74, 6) is 0. The standard InChI is InChI=1S/C18H30N2/c1-5-20(17-8-6-7-9-17)18-11-10-16(12-15(18)4)13-19-14(2)3/h10-12,14,17,19H,5-9,13H2,1-4H3. The molecule has 0 unspecified atom stereocenters. The summed E-state index contributed by atoms with van der Waals surface area (Å²) in [5.41, 5.74) is 4.25. The van der Waals surface area contributed by atoms with Crippen molar-refractivity contribution in [2.45, 2.75) is 72.0 Å². The lowest BCUT2D eigenvalue weighted by Gasteiger charge is -2.31. The van der Waals surface area contributed by atoms with Gasteiger partial charge in [-0.1, -0.05) is 38.8 Å². The first-order valence-electron chi connectivity index (χ1n) is 8.21. The molecule has 1 N–H and O–H groups in total. The highest BCUT2D eigenvalue weighted by atomic mass is 15.2. The van der Waals surface area contributed by atoms with E-state index in [0.29, 0.717) is 6.04 Å². The second-order valence-electron chi connectivity index (χ2n) is 6.38. The summed E-state index contributed by atoms with van der Waals surface area (Å²) in [6, 6.07) is 8.27. The van der Waals surface area contributed by atoms with Gasteiger partial charge in [0.2, 0.25) is 0 Å². The molecule has 1 aliphatic rings. The Hall–Kier alpha value is -1.02. The van der Waals surface area contributed by atoms with E-state index in [-0.39, 0.29) is 0 Å². The normalized spacial score (nSPS) is 16.1. The van der Waals surface area contributed by atoms with Gasteiger partial charge in [-0.25, -0.2) is 0 Å². The first kappa shape index (κ1) is 15.4. The highest BCUT2D eigenvalue weighted by molar-refractivity contribution is 5.55. The molecule has 0 spiro atoms. The van der Waals surface area contributed by atoms with Crippen LogP contribution in [0.1, 0.15) is 57.6 Å². The summed E-state index contributed by atoms with van der Waals surface area (Å²) >= 11 is 0. The number of rotatable bonds is 6. The van der Waals surface area contributed by atoms with Crippen LogP contribution in [0.5, 0.6) is 0 Å². The second-order valence-corrected chi connectivity index (χ2v) is 6.38. The van der Waals surface area contributed by atoms with Gasteiger partial charge in [-0.3, -0.25) is 0 Å². The zero-order valence-electron chi connectivity index (χ0n) is 13.6. The van der Waals surface area contributed by atoms with E-state index >= 15 is 0 Å². The molecule has 0 aliphatic heterocycles. The van der Waals surface area contributed by atoms with E-state index < -0.39 is 0 Å². The van der Waals surface area contributed by atoms with Crippen LogP contribution in [0.4, 0.5) is 5.69 Å². The van der Waals surface area contributed by atoms with Crippen molar-refractivity contribution in [3.63, 3.8) is 0 Å². The van der Waals surface area contributed by atoms with Crippen LogP contribution in [0.3, 0.4) is 0 Å². The average Bonchev–Trinajstić information content (AvgIpc) is 2.93. The smallest absolute Gasteiger partial charge is 0.0398 e. The molecule has 0 atom stereocenters. The summed E-state index contributed by atoms with van der Waals surface area (Å²) in [5, 5.41) is 3.49. The molecule has 1 aliphatic carbocycles. The monoisotopic (exact) mass is 274 g/mol. The minimum Gasteiger partial charge on any atom is -0.369 e. The van der Waals surface area contributed by atoms with Crippen LogP contribution < -0.4 is 10.2 Å². The summed E-state index contributed by atoms with van der Waals surface area (Å²) in [4.78, 5) is 2.61. The predicted octanol–water partition coefficient (Wildman–Crippen LogP) is 4.26. The quantitative estimate of drug-likeness (QED) is 0.833. The second kappa shape index (κ2) is 7.12. The highest BCUT2D eigenvalue weighted by Gasteiger charge is 2.22. The van der Waals surface area contributed by atoms with Crippen LogP contribution >= 0.6 is 0 Å². The molecule has 2 heteroatoms. The van der Waals surface area contributed by atoms with Gasteiger partial charge in [0.1, 0.15) is 0 Å². The van der Waals surface area contributed by atoms with Crippen LogP contribution in [0.2, 0.25) is 0 Å². The van der Waals surface area contributed by atoms with Crippen molar-refractivity contribution in [3.8, 4) is 0 Å². The van der Waals surface area contributed by atoms with Gasteiger partial charge in [0, 0.05) is 30.9 Å². The third-order valence-corrected chi connectivity index (χ3v) is 4.39. The summed E-state index contributed by atoms with van der Waals surface area (Å²) in [7, 11) is 0. The predicted molar refractivity (Wildman–Crippen MR) is 88.4 cm³/mol. The zero-order chi connectivity index (χ0) is 14.5. The van der Waals surface area contributed by atoms with Crippen molar-refractivity contribution < 1.29 is 0 Å². The van der Waals surface area contributed by atoms with Gasteiger partial charge >= 0.3 is 0 Å². The maximum Gasteiger partial charge on any atom is 0.0398 e. The molecule has 2 rings (SSSR count). The first-order chi connectivity index (χ1) is 9.61. The maximum absolute atomic E-state index is 3.49. The number of nitrogens with one attached hydrogen (secondary N) is 1. The maximum atomic E-state index is 3.49. The van der Waals surface area contributed by atoms with Crippen molar-refractivity contribution in [2.75, 3.05) is 11.4 Å². The number of benzene rings is 1. The Kier molecular flexibility index (Phi) is 5.47. The number of aryl methyl sites for hydroxylation is 1. The fraction of sp³-hybridized carbons (Fsp3) is 0.667. The largest absolute Gasteiger partial charge is 0.369 e. The van der Waals surface area contributed by atoms with Gasteiger partial charge in [0.25, 0.3) is 0 Å². The summed E-state index contributed by atoms with van der Waals surface area (Å²) < 4.78 is 0. The topological polar surface area (TPSA) is 15.3 Å². The van der Waals surface area contributed by atoms with Crippen LogP contribution in [-0.4, -0.2) is 18.6 Å². The molecule has 1 aromatic carbocycles. The van der Waals surface area contributed by atoms with Gasteiger partial charge in [-0.2, -0.15) is 0 Å². The van der Waals surface area contributed by atoms with Crippen LogP contribution in [-0.2, 0) is 6.54 Å². The molecule has 0 radical (unpaired) electrons. The lowest BCUT2D eigenvalue weighted by Crippen LogP contribution is -2.33. The van der Waals surface area contributed by atoms with E-state index in [1.165, 1.54) is 42.5 Å². The van der Waals surface area contributed by atoms with E-state index in [9.17, 15) is 0 Å². The molecule has 0 aromatic heterocycles. The molecule has 0 heterocycles. The molecule has 1 aromatic rings. The van der Waals surface area contributed by atoms with Crippen LogP contribution in [0.15, 0.2) is 18.2 Å². The lowest BCUT2D eigenvalue weighted by atomic mass is 10.1. The molecule has 0 saturated heterocycles. The van der Waals surface area contributed by atoms with Crippen molar-refractivity contribution in [1.82, 2.24) is 5.32 Å². The number of nitrogens with zero attached hydrogens (tertiary/aromatic N) is 1. The molecule has 2 nitrogen and oxygen atoms in total. The minimum absolute atomic E-state index is 0.542. The van der Waals surface area contributed by atoms with E-state index in [1.807, 2.05) is 0 Å². The molecule has 0 amide bonds. The Morgan fingerprint density at radius 3 is 2.50 bits per heavy atom. The van der Waals surface area contributed by atoms with E-state index in [0.717, 1.165) is 19.1 Å². The molecular formula is C18H30N2. The van der Waals surface area contributed by atoms with Crippen molar-refractivity contribution in [3.05, 3.63) is 29.3 Å². The zero-order valence-corrected chi connectivity index (χ0v) is 13.6. The fourth-order valence-electron chi connectivity index (χ4n) is 3.31. The Morgan fingerprint density at radius 1 is 1.25 bits per heavy atom. The van der Waals surface area contributed by atoms with Gasteiger partial charge in [-0.15, -0.1) is 0 Å². The third-order valence-electron chi connectivity index (χ3n) is 4.39. The molecule has 112 valence electrons. The van der Waals surface area contributed by atoms with E-state index in [2.05, 4.69) is 56.1 Å². The fourth-order valence-corrected chi connectivity index (χ4v) is 3.31. The van der Waals surface area contributed by atoms with Crippen molar-refractivity contribution in [1.29, 1.82) is 0 Å². The van der Waals surface area contributed by atoms with Crippen molar-refractivity contribution >= 4 is 5.69 Å². The van der Waals surface area contributed by atoms with E-state index in [4.69, 9.17) is 0 Å². The van der Waals surface area contributed by atoms with Crippen LogP contribution in [0.25, 0.3) is 0 Å². The van der Waals surface area contributed by atoms with Crippen molar-refractivity contribution in [2.24, 2.45) is 0 Å². The van der Waals surface area contributed by atoms with E-state index in [1.54, 1.807) is 0 Å². The summed E-state index contributed by atoms with van der Waals surface area (Å²) in [6.07, 6.45) is 5.53. The number of anilines is 1. The molecular weight excluding hydrogens is 244 g/mol. The van der Waals surface area contributed by atoms with Gasteiger partial charge < -0.3 is 10.2 Å². The number of hydrogen-bond donors (Lipinski definition) is 1. The molecule has 0 bridgehead atoms. The van der Waals surface area contributed by atoms with Gasteiger partial charge in [0.05, 0.1) is 0 Å². The minimum atomic E-state index is 0.542. The Balaban J connectivity index is 2.10. The Bertz CT molecular complexity index is 419. The lowest BCUT2D eigenvalue weighted by molar-refractivity contribution is 0.588. The molecule has 1 saturated carbocycles. The highest BCUT2D eigenvalue weighted by Crippen LogP contribution is 2.30. The Morgan fingerprint density at radius 2 is 1.95 bits per heavy atom. The number of hydrogen-bond acceptors (Lipinski definition) is 2. The first-order valence-corrected chi connectivity index (χ1v) is 8.21. The third kappa shape index (κ3) is 3.76. The van der Waals surface area contributed by atoms with Gasteiger partial charge in [0.15, 0.2) is 0 Å². The van der Waals surface area contributed by atoms with Gasteiger partial charge in [-0.05, 0) is 43.9 Å². The average molecular weight is 274 g/mol. The Labute approximate surface area is 124 Å². The molecule has 20 heavy (non-hydrogen) atoms.